The molecule has 3 aromatic rings. The first kappa shape index (κ1) is 17.5. The van der Waals surface area contributed by atoms with E-state index < -0.39 is 11.9 Å². The number of carbonyl (C=O) groups is 1. The molecule has 0 saturated carbocycles. The Hall–Kier alpha value is -3.29. The number of nitrogens with zero attached hydrogens (tertiary/aromatic N) is 3. The van der Waals surface area contributed by atoms with Crippen LogP contribution in [0.3, 0.4) is 0 Å². The Bertz CT molecular complexity index is 904. The maximum absolute atomic E-state index is 13.1. The molecule has 0 unspecified atom stereocenters. The summed E-state index contributed by atoms with van der Waals surface area (Å²) in [5.74, 6) is -1.36. The predicted molar refractivity (Wildman–Crippen MR) is 93.3 cm³/mol. The zero-order valence-electron chi connectivity index (χ0n) is 14.2. The average Bonchev–Trinajstić information content (AvgIpc) is 3.07. The standard InChI is InChI=1S/C18H17F2N5O/c1-11(2)25-16(9-15(24-25)12-3-5-13(19)6-4-12)18(26)23-22-14-7-8-17(20)21-10-14/h3-11,22H,1-2H3,(H,23,26). The number of rotatable bonds is 5. The molecule has 26 heavy (non-hydrogen) atoms. The van der Waals surface area contributed by atoms with Crippen molar-refractivity contribution in [3.05, 3.63) is 66.1 Å². The molecule has 6 nitrogen and oxygen atoms in total. The third kappa shape index (κ3) is 3.85. The number of carbonyl (C=O) groups excluding carboxylic acids is 1. The lowest BCUT2D eigenvalue weighted by molar-refractivity contribution is 0.0950. The number of benzene rings is 1. The van der Waals surface area contributed by atoms with Crippen LogP contribution in [0.4, 0.5) is 14.5 Å². The Labute approximate surface area is 148 Å². The van der Waals surface area contributed by atoms with Gasteiger partial charge in [0.25, 0.3) is 5.91 Å². The zero-order chi connectivity index (χ0) is 18.7. The average molecular weight is 357 g/mol. The highest BCUT2D eigenvalue weighted by Crippen LogP contribution is 2.22. The molecule has 2 aromatic heterocycles. The van der Waals surface area contributed by atoms with E-state index in [0.717, 1.165) is 0 Å². The van der Waals surface area contributed by atoms with Crippen molar-refractivity contribution >= 4 is 11.6 Å². The molecule has 2 heterocycles. The second kappa shape index (κ2) is 7.30. The third-order valence-electron chi connectivity index (χ3n) is 3.65. The highest BCUT2D eigenvalue weighted by atomic mass is 19.1. The second-order valence-electron chi connectivity index (χ2n) is 5.91. The van der Waals surface area contributed by atoms with Crippen molar-refractivity contribution in [2.24, 2.45) is 0 Å². The summed E-state index contributed by atoms with van der Waals surface area (Å²) < 4.78 is 27.5. The molecular weight excluding hydrogens is 340 g/mol. The van der Waals surface area contributed by atoms with E-state index in [2.05, 4.69) is 20.9 Å². The van der Waals surface area contributed by atoms with Crippen LogP contribution in [0.2, 0.25) is 0 Å². The molecule has 2 N–H and O–H groups in total. The number of anilines is 1. The molecule has 0 radical (unpaired) electrons. The van der Waals surface area contributed by atoms with Gasteiger partial charge in [0, 0.05) is 11.6 Å². The maximum atomic E-state index is 13.1. The summed E-state index contributed by atoms with van der Waals surface area (Å²) in [5, 5.41) is 4.44. The first-order valence-corrected chi connectivity index (χ1v) is 7.97. The van der Waals surface area contributed by atoms with E-state index >= 15 is 0 Å². The van der Waals surface area contributed by atoms with Crippen molar-refractivity contribution < 1.29 is 13.6 Å². The van der Waals surface area contributed by atoms with Crippen molar-refractivity contribution in [2.45, 2.75) is 19.9 Å². The van der Waals surface area contributed by atoms with Gasteiger partial charge in [-0.15, -0.1) is 0 Å². The number of hydrogen-bond donors (Lipinski definition) is 2. The SMILES string of the molecule is CC(C)n1nc(-c2ccc(F)cc2)cc1C(=O)NNc1ccc(F)nc1. The molecule has 3 rings (SSSR count). The van der Waals surface area contributed by atoms with Crippen LogP contribution in [0.5, 0.6) is 0 Å². The quantitative estimate of drug-likeness (QED) is 0.541. The summed E-state index contributed by atoms with van der Waals surface area (Å²) in [7, 11) is 0. The van der Waals surface area contributed by atoms with Crippen molar-refractivity contribution in [3.63, 3.8) is 0 Å². The number of nitrogens with one attached hydrogen (secondary N) is 2. The van der Waals surface area contributed by atoms with Gasteiger partial charge in [0.15, 0.2) is 0 Å². The summed E-state index contributed by atoms with van der Waals surface area (Å²) in [6.45, 7) is 3.80. The van der Waals surface area contributed by atoms with Crippen LogP contribution in [0, 0.1) is 11.8 Å². The van der Waals surface area contributed by atoms with Gasteiger partial charge in [-0.3, -0.25) is 20.3 Å². The zero-order valence-corrected chi connectivity index (χ0v) is 14.2. The molecule has 0 fully saturated rings. The predicted octanol–water partition coefficient (Wildman–Crippen LogP) is 3.56. The topological polar surface area (TPSA) is 71.8 Å². The normalized spacial score (nSPS) is 10.8. The first-order chi connectivity index (χ1) is 12.4. The minimum atomic E-state index is -0.608. The first-order valence-electron chi connectivity index (χ1n) is 7.97. The molecule has 0 spiro atoms. The van der Waals surface area contributed by atoms with E-state index in [1.54, 1.807) is 22.9 Å². The number of aromatic nitrogens is 3. The molecule has 134 valence electrons. The fourth-order valence-corrected chi connectivity index (χ4v) is 2.36. The van der Waals surface area contributed by atoms with E-state index in [0.29, 0.717) is 22.6 Å². The lowest BCUT2D eigenvalue weighted by atomic mass is 10.1. The Morgan fingerprint density at radius 1 is 1.12 bits per heavy atom. The Morgan fingerprint density at radius 2 is 1.85 bits per heavy atom. The highest BCUT2D eigenvalue weighted by Gasteiger charge is 2.18. The fraction of sp³-hybridized carbons (Fsp3) is 0.167. The van der Waals surface area contributed by atoms with E-state index in [9.17, 15) is 13.6 Å². The van der Waals surface area contributed by atoms with Crippen LogP contribution in [-0.2, 0) is 0 Å². The Kier molecular flexibility index (Phi) is 4.92. The van der Waals surface area contributed by atoms with E-state index in [-0.39, 0.29) is 11.9 Å². The van der Waals surface area contributed by atoms with Crippen molar-refractivity contribution in [1.29, 1.82) is 0 Å². The van der Waals surface area contributed by atoms with Gasteiger partial charge in [0.2, 0.25) is 5.95 Å². The largest absolute Gasteiger partial charge is 0.297 e. The summed E-state index contributed by atoms with van der Waals surface area (Å²) in [6.07, 6.45) is 1.26. The molecule has 0 aliphatic heterocycles. The van der Waals surface area contributed by atoms with Crippen molar-refractivity contribution in [1.82, 2.24) is 20.2 Å². The van der Waals surface area contributed by atoms with E-state index in [4.69, 9.17) is 0 Å². The maximum Gasteiger partial charge on any atom is 0.287 e. The summed E-state index contributed by atoms with van der Waals surface area (Å²) in [5.41, 5.74) is 7.25. The van der Waals surface area contributed by atoms with E-state index in [1.807, 2.05) is 13.8 Å². The van der Waals surface area contributed by atoms with Crippen LogP contribution < -0.4 is 10.9 Å². The smallest absolute Gasteiger partial charge is 0.287 e. The minimum absolute atomic E-state index is 0.0579. The van der Waals surface area contributed by atoms with Crippen molar-refractivity contribution in [3.8, 4) is 11.3 Å². The van der Waals surface area contributed by atoms with Crippen molar-refractivity contribution in [2.75, 3.05) is 5.43 Å². The number of halogens is 2. The highest BCUT2D eigenvalue weighted by molar-refractivity contribution is 5.94. The number of amides is 1. The van der Waals surface area contributed by atoms with Gasteiger partial charge >= 0.3 is 0 Å². The van der Waals surface area contributed by atoms with Crippen LogP contribution in [0.1, 0.15) is 30.4 Å². The van der Waals surface area contributed by atoms with Gasteiger partial charge in [0.05, 0.1) is 17.6 Å². The fourth-order valence-electron chi connectivity index (χ4n) is 2.36. The second-order valence-corrected chi connectivity index (χ2v) is 5.91. The molecule has 0 aliphatic rings. The Balaban J connectivity index is 1.82. The Morgan fingerprint density at radius 3 is 2.46 bits per heavy atom. The molecule has 1 amide bonds. The van der Waals surface area contributed by atoms with Gasteiger partial charge in [-0.1, -0.05) is 0 Å². The summed E-state index contributed by atoms with van der Waals surface area (Å²) in [6, 6.07) is 10.1. The van der Waals surface area contributed by atoms with Crippen LogP contribution >= 0.6 is 0 Å². The van der Waals surface area contributed by atoms with Gasteiger partial charge < -0.3 is 0 Å². The number of hydrazine groups is 1. The molecule has 0 aliphatic carbocycles. The van der Waals surface area contributed by atoms with Gasteiger partial charge in [-0.25, -0.2) is 9.37 Å². The number of pyridine rings is 1. The van der Waals surface area contributed by atoms with Crippen LogP contribution in [0.25, 0.3) is 11.3 Å². The number of hydrogen-bond acceptors (Lipinski definition) is 4. The summed E-state index contributed by atoms with van der Waals surface area (Å²) in [4.78, 5) is 16.0. The third-order valence-corrected chi connectivity index (χ3v) is 3.65. The lowest BCUT2D eigenvalue weighted by Gasteiger charge is -2.12. The van der Waals surface area contributed by atoms with Crippen LogP contribution in [0.15, 0.2) is 48.7 Å². The molecule has 0 saturated heterocycles. The molecular formula is C18H17F2N5O. The lowest BCUT2D eigenvalue weighted by Crippen LogP contribution is -2.31. The summed E-state index contributed by atoms with van der Waals surface area (Å²) >= 11 is 0. The minimum Gasteiger partial charge on any atom is -0.297 e. The van der Waals surface area contributed by atoms with Gasteiger partial charge in [-0.2, -0.15) is 9.49 Å². The monoisotopic (exact) mass is 357 g/mol. The van der Waals surface area contributed by atoms with Gasteiger partial charge in [-0.05, 0) is 56.3 Å². The molecule has 0 bridgehead atoms. The molecule has 1 aromatic carbocycles. The molecule has 8 heteroatoms. The van der Waals surface area contributed by atoms with Crippen LogP contribution in [-0.4, -0.2) is 20.7 Å². The van der Waals surface area contributed by atoms with Gasteiger partial charge in [0.1, 0.15) is 11.5 Å². The molecule has 0 atom stereocenters. The van der Waals surface area contributed by atoms with E-state index in [1.165, 1.54) is 30.5 Å².